The van der Waals surface area contributed by atoms with Gasteiger partial charge in [0.2, 0.25) is 5.96 Å². The van der Waals surface area contributed by atoms with Crippen molar-refractivity contribution >= 4 is 41.5 Å². The molecular formula is C29H33F3N8O. The number of nitrogens with zero attached hydrogens (tertiary/aromatic N) is 5. The van der Waals surface area contributed by atoms with Crippen molar-refractivity contribution in [3.05, 3.63) is 58.7 Å². The average molecular weight is 567 g/mol. The largest absolute Gasteiger partial charge is 0.416 e. The Kier molecular flexibility index (Phi) is 8.77. The maximum Gasteiger partial charge on any atom is 0.416 e. The number of amides is 1. The summed E-state index contributed by atoms with van der Waals surface area (Å²) in [6.45, 7) is 4.66. The molecule has 9 nitrogen and oxygen atoms in total. The van der Waals surface area contributed by atoms with Crippen molar-refractivity contribution in [3.63, 3.8) is 0 Å². The molecule has 3 aliphatic rings. The Balaban J connectivity index is 1.19. The molecule has 0 bridgehead atoms. The second-order valence-electron chi connectivity index (χ2n) is 10.5. The number of likely N-dealkylation sites (tertiary alicyclic amines) is 1. The number of carbonyl (C=O) groups excluding carboxylic acids is 1. The van der Waals surface area contributed by atoms with Gasteiger partial charge in [-0.2, -0.15) is 13.2 Å². The van der Waals surface area contributed by atoms with Crippen LogP contribution in [0.4, 0.5) is 24.5 Å². The summed E-state index contributed by atoms with van der Waals surface area (Å²) in [6.07, 6.45) is 2.96. The van der Waals surface area contributed by atoms with Crippen molar-refractivity contribution in [2.45, 2.75) is 51.4 Å². The fraction of sp³-hybridized carbons (Fsp3) is 0.414. The fourth-order valence-electron chi connectivity index (χ4n) is 4.60. The normalized spacial score (nSPS) is 18.6. The number of halogens is 3. The molecule has 41 heavy (non-hydrogen) atoms. The van der Waals surface area contributed by atoms with E-state index in [1.165, 1.54) is 6.34 Å². The molecule has 1 aliphatic carbocycles. The van der Waals surface area contributed by atoms with E-state index in [1.54, 1.807) is 30.5 Å². The van der Waals surface area contributed by atoms with E-state index in [2.05, 4.69) is 40.8 Å². The van der Waals surface area contributed by atoms with Crippen molar-refractivity contribution in [1.29, 1.82) is 0 Å². The van der Waals surface area contributed by atoms with E-state index in [4.69, 9.17) is 0 Å². The molecule has 2 aliphatic heterocycles. The van der Waals surface area contributed by atoms with E-state index in [0.29, 0.717) is 47.6 Å². The molecule has 2 heterocycles. The molecule has 0 spiro atoms. The average Bonchev–Trinajstić information content (AvgIpc) is 3.61. The van der Waals surface area contributed by atoms with Gasteiger partial charge in [-0.05, 0) is 87.2 Å². The van der Waals surface area contributed by atoms with Gasteiger partial charge in [-0.3, -0.25) is 14.7 Å². The zero-order chi connectivity index (χ0) is 28.8. The van der Waals surface area contributed by atoms with E-state index < -0.39 is 17.6 Å². The number of alkyl halides is 3. The molecule has 2 aromatic carbocycles. The number of benzene rings is 2. The number of hydrogen-bond donors (Lipinski definition) is 3. The molecule has 1 saturated heterocycles. The first-order valence-corrected chi connectivity index (χ1v) is 13.7. The number of carbonyl (C=O) groups is 1. The Morgan fingerprint density at radius 1 is 1.15 bits per heavy atom. The quantitative estimate of drug-likeness (QED) is 0.297. The van der Waals surface area contributed by atoms with Gasteiger partial charge in [0.15, 0.2) is 0 Å². The number of guanidine groups is 1. The highest BCUT2D eigenvalue weighted by molar-refractivity contribution is 6.35. The lowest BCUT2D eigenvalue weighted by atomic mass is 10.1. The van der Waals surface area contributed by atoms with Crippen LogP contribution in [0.5, 0.6) is 0 Å². The summed E-state index contributed by atoms with van der Waals surface area (Å²) in [5.41, 5.74) is 2.44. The van der Waals surface area contributed by atoms with Crippen LogP contribution in [-0.2, 0) is 12.7 Å². The fourth-order valence-corrected chi connectivity index (χ4v) is 4.60. The van der Waals surface area contributed by atoms with E-state index in [-0.39, 0.29) is 12.4 Å². The lowest BCUT2D eigenvalue weighted by Crippen LogP contribution is -2.28. The van der Waals surface area contributed by atoms with Gasteiger partial charge in [0.25, 0.3) is 5.91 Å². The van der Waals surface area contributed by atoms with Crippen LogP contribution in [0.15, 0.2) is 56.4 Å². The molecule has 12 heteroatoms. The monoisotopic (exact) mass is 566 g/mol. The van der Waals surface area contributed by atoms with Gasteiger partial charge in [0.1, 0.15) is 13.0 Å². The molecule has 5 rings (SSSR count). The van der Waals surface area contributed by atoms with Crippen LogP contribution < -0.4 is 16.0 Å². The highest BCUT2D eigenvalue weighted by Gasteiger charge is 2.31. The van der Waals surface area contributed by atoms with Crippen LogP contribution in [0.3, 0.4) is 0 Å². The first-order chi connectivity index (χ1) is 19.7. The first kappa shape index (κ1) is 28.5. The van der Waals surface area contributed by atoms with Crippen molar-refractivity contribution in [1.82, 2.24) is 10.2 Å². The molecule has 0 unspecified atom stereocenters. The Labute approximate surface area is 236 Å². The zero-order valence-electron chi connectivity index (χ0n) is 22.8. The third-order valence-electron chi connectivity index (χ3n) is 6.99. The van der Waals surface area contributed by atoms with Crippen molar-refractivity contribution in [3.8, 4) is 0 Å². The van der Waals surface area contributed by atoms with Gasteiger partial charge in [-0.25, -0.2) is 15.0 Å². The van der Waals surface area contributed by atoms with E-state index in [0.717, 1.165) is 56.5 Å². The molecule has 2 aromatic rings. The number of hydrogen-bond acceptors (Lipinski definition) is 7. The minimum Gasteiger partial charge on any atom is -0.366 e. The Morgan fingerprint density at radius 2 is 1.95 bits per heavy atom. The predicted octanol–water partition coefficient (Wildman–Crippen LogP) is 4.89. The Morgan fingerprint density at radius 3 is 2.66 bits per heavy atom. The van der Waals surface area contributed by atoms with Gasteiger partial charge in [-0.15, -0.1) is 0 Å². The molecule has 3 N–H and O–H groups in total. The van der Waals surface area contributed by atoms with Gasteiger partial charge >= 0.3 is 6.18 Å². The molecule has 1 saturated carbocycles. The SMILES string of the molecule is Cc1ccc(C(=O)Nc2cc(CN3CCCC3)cc(C(F)(F)F)c2)cc1NCN=CN=C1C=NC(NC2CC2)=NC1. The smallest absolute Gasteiger partial charge is 0.366 e. The maximum absolute atomic E-state index is 13.6. The summed E-state index contributed by atoms with van der Waals surface area (Å²) >= 11 is 0. The second kappa shape index (κ2) is 12.6. The summed E-state index contributed by atoms with van der Waals surface area (Å²) in [5, 5.41) is 9.04. The summed E-state index contributed by atoms with van der Waals surface area (Å²) in [4.78, 5) is 32.3. The maximum atomic E-state index is 13.6. The van der Waals surface area contributed by atoms with Crippen molar-refractivity contribution in [2.75, 3.05) is 36.9 Å². The highest BCUT2D eigenvalue weighted by atomic mass is 19.4. The van der Waals surface area contributed by atoms with Gasteiger partial charge < -0.3 is 16.0 Å². The minimum atomic E-state index is -4.51. The topological polar surface area (TPSA) is 106 Å². The first-order valence-electron chi connectivity index (χ1n) is 13.7. The van der Waals surface area contributed by atoms with Crippen LogP contribution in [0.1, 0.15) is 52.7 Å². The third kappa shape index (κ3) is 8.23. The zero-order valence-corrected chi connectivity index (χ0v) is 22.8. The lowest BCUT2D eigenvalue weighted by molar-refractivity contribution is -0.137. The molecule has 0 aromatic heterocycles. The van der Waals surface area contributed by atoms with Crippen LogP contribution in [0.25, 0.3) is 0 Å². The predicted molar refractivity (Wildman–Crippen MR) is 156 cm³/mol. The standard InChI is InChI=1S/C29H33F3N8O/c1-19-4-5-21(12-26(19)37-18-33-17-36-25-14-34-28(35-15-25)39-23-6-7-23)27(41)38-24-11-20(16-40-8-2-3-9-40)10-22(13-24)29(30,31)32/h4-5,10-14,17,23,37H,2-3,6-9,15-16,18H2,1H3,(H,35,39)(H,38,41). The second-order valence-corrected chi connectivity index (χ2v) is 10.5. The van der Waals surface area contributed by atoms with E-state index in [1.807, 2.05) is 6.92 Å². The van der Waals surface area contributed by atoms with Gasteiger partial charge in [0.05, 0.1) is 24.0 Å². The number of aliphatic imine (C=N–C) groups is 4. The minimum absolute atomic E-state index is 0.115. The third-order valence-corrected chi connectivity index (χ3v) is 6.99. The van der Waals surface area contributed by atoms with Crippen LogP contribution >= 0.6 is 0 Å². The highest BCUT2D eigenvalue weighted by Crippen LogP contribution is 2.33. The number of rotatable bonds is 9. The van der Waals surface area contributed by atoms with Gasteiger partial charge in [0, 0.05) is 29.5 Å². The molecule has 2 fully saturated rings. The molecule has 216 valence electrons. The summed E-state index contributed by atoms with van der Waals surface area (Å²) in [5.74, 6) is 0.141. The van der Waals surface area contributed by atoms with Crippen LogP contribution in [0, 0.1) is 6.92 Å². The Bertz CT molecular complexity index is 1390. The van der Waals surface area contributed by atoms with Crippen molar-refractivity contribution < 1.29 is 18.0 Å². The summed E-state index contributed by atoms with van der Waals surface area (Å²) in [6, 6.07) is 9.30. The summed E-state index contributed by atoms with van der Waals surface area (Å²) in [7, 11) is 0. The molecule has 0 radical (unpaired) electrons. The van der Waals surface area contributed by atoms with Crippen LogP contribution in [-0.4, -0.2) is 67.4 Å². The summed E-state index contributed by atoms with van der Waals surface area (Å²) < 4.78 is 40.8. The van der Waals surface area contributed by atoms with E-state index in [9.17, 15) is 18.0 Å². The molecule has 1 amide bonds. The number of anilines is 2. The lowest BCUT2D eigenvalue weighted by Gasteiger charge is -2.18. The van der Waals surface area contributed by atoms with E-state index >= 15 is 0 Å². The van der Waals surface area contributed by atoms with Crippen molar-refractivity contribution in [2.24, 2.45) is 20.0 Å². The molecular weight excluding hydrogens is 533 g/mol. The number of aryl methyl sites for hydroxylation is 1. The van der Waals surface area contributed by atoms with Gasteiger partial charge in [-0.1, -0.05) is 6.07 Å². The molecule has 0 atom stereocenters. The Hall–Kier alpha value is -4.06. The number of nitrogens with one attached hydrogen (secondary N) is 3. The van der Waals surface area contributed by atoms with Crippen LogP contribution in [0.2, 0.25) is 0 Å².